The van der Waals surface area contributed by atoms with E-state index < -0.39 is 36.3 Å². The number of nitrogens with two attached hydrogens (primary N) is 1. The van der Waals surface area contributed by atoms with Crippen molar-refractivity contribution in [3.63, 3.8) is 0 Å². The lowest BCUT2D eigenvalue weighted by atomic mass is 9.87. The van der Waals surface area contributed by atoms with Crippen LogP contribution in [-0.4, -0.2) is 61.4 Å². The Hall–Kier alpha value is -1.93. The highest BCUT2D eigenvalue weighted by atomic mass is 16.6. The lowest BCUT2D eigenvalue weighted by molar-refractivity contribution is -0.160. The van der Waals surface area contributed by atoms with Gasteiger partial charge in [-0.25, -0.2) is 4.79 Å². The van der Waals surface area contributed by atoms with Crippen molar-refractivity contribution in [3.8, 4) is 0 Å². The molecule has 7 heteroatoms. The molecule has 33 heavy (non-hydrogen) atoms. The van der Waals surface area contributed by atoms with Crippen LogP contribution in [0.2, 0.25) is 0 Å². The van der Waals surface area contributed by atoms with Gasteiger partial charge >= 0.3 is 5.97 Å². The lowest BCUT2D eigenvalue weighted by Crippen LogP contribution is -2.42. The van der Waals surface area contributed by atoms with Crippen molar-refractivity contribution in [1.82, 2.24) is 0 Å². The molecule has 0 saturated heterocycles. The van der Waals surface area contributed by atoms with Crippen LogP contribution in [0.3, 0.4) is 0 Å². The Morgan fingerprint density at radius 2 is 1.94 bits per heavy atom. The second kappa shape index (κ2) is 14.4. The molecule has 0 aromatic rings. The predicted octanol–water partition coefficient (Wildman–Crippen LogP) is 3.27. The zero-order chi connectivity index (χ0) is 25.1. The first-order chi connectivity index (χ1) is 15.5. The van der Waals surface area contributed by atoms with E-state index in [4.69, 9.17) is 19.9 Å². The topological polar surface area (TPSA) is 111 Å². The number of rotatable bonds is 6. The van der Waals surface area contributed by atoms with Crippen LogP contribution in [0.4, 0.5) is 0 Å². The smallest absolute Gasteiger partial charge is 0.373 e. The number of carbonyl (C=O) groups excluding carboxylic acids is 1. The minimum absolute atomic E-state index is 0.0330. The number of hydrogen-bond donors (Lipinski definition) is 3. The molecule has 0 aliphatic carbocycles. The molecule has 2 unspecified atom stereocenters. The summed E-state index contributed by atoms with van der Waals surface area (Å²) in [5, 5.41) is 21.3. The standard InChI is InChI=1S/C26H43NO6/c1-16-9-8-10-22(31-6)25(20(5)21(28)11-12-27)33-26(30)23(32-7)15-17(2)14-19(4)24(29)18(3)13-16/h8-10,14-15,18-22,24-25,28-29H,11-13,27H2,1-7H3/b10-8+,16-9+,17-14+,23-15-/t18-,19+,20-,21?,22-,24-,25?/m0/s1. The van der Waals surface area contributed by atoms with Gasteiger partial charge in [0, 0.05) is 18.9 Å². The third-order valence-corrected chi connectivity index (χ3v) is 6.18. The summed E-state index contributed by atoms with van der Waals surface area (Å²) in [7, 11) is 2.94. The predicted molar refractivity (Wildman–Crippen MR) is 130 cm³/mol. The van der Waals surface area contributed by atoms with Crippen molar-refractivity contribution in [2.45, 2.75) is 71.9 Å². The van der Waals surface area contributed by atoms with Crippen LogP contribution in [-0.2, 0) is 19.0 Å². The fraction of sp³-hybridized carbons (Fsp3) is 0.654. The van der Waals surface area contributed by atoms with E-state index >= 15 is 0 Å². The minimum atomic E-state index is -0.762. The van der Waals surface area contributed by atoms with E-state index in [2.05, 4.69) is 0 Å². The molecule has 0 amide bonds. The monoisotopic (exact) mass is 465 g/mol. The molecule has 0 aromatic heterocycles. The Morgan fingerprint density at radius 3 is 2.52 bits per heavy atom. The third kappa shape index (κ3) is 9.08. The van der Waals surface area contributed by atoms with Crippen molar-refractivity contribution in [2.24, 2.45) is 23.5 Å². The summed E-state index contributed by atoms with van der Waals surface area (Å²) >= 11 is 0. The Morgan fingerprint density at radius 1 is 1.27 bits per heavy atom. The summed E-state index contributed by atoms with van der Waals surface area (Å²) in [4.78, 5) is 13.0. The molecule has 0 spiro atoms. The minimum Gasteiger partial charge on any atom is -0.490 e. The summed E-state index contributed by atoms with van der Waals surface area (Å²) < 4.78 is 16.8. The van der Waals surface area contributed by atoms with Crippen molar-refractivity contribution < 1.29 is 29.2 Å². The Labute approximate surface area is 199 Å². The van der Waals surface area contributed by atoms with Gasteiger partial charge in [0.25, 0.3) is 0 Å². The number of aliphatic hydroxyl groups is 2. The van der Waals surface area contributed by atoms with Gasteiger partial charge in [-0.1, -0.05) is 56.2 Å². The number of esters is 1. The van der Waals surface area contributed by atoms with Gasteiger partial charge in [0.2, 0.25) is 5.76 Å². The molecule has 1 aliphatic rings. The average Bonchev–Trinajstić information content (AvgIpc) is 2.77. The molecular formula is C26H43NO6. The molecule has 0 fully saturated rings. The first kappa shape index (κ1) is 29.1. The Balaban J connectivity index is 3.47. The number of methoxy groups -OCH3 is 2. The van der Waals surface area contributed by atoms with Crippen LogP contribution < -0.4 is 5.73 Å². The first-order valence-electron chi connectivity index (χ1n) is 11.6. The second-order valence-electron chi connectivity index (χ2n) is 9.13. The first-order valence-corrected chi connectivity index (χ1v) is 11.6. The van der Waals surface area contributed by atoms with Gasteiger partial charge < -0.3 is 30.2 Å². The molecule has 1 heterocycles. The summed E-state index contributed by atoms with van der Waals surface area (Å²) in [6.45, 7) is 9.96. The van der Waals surface area contributed by atoms with Crippen LogP contribution in [0.25, 0.3) is 0 Å². The molecule has 0 radical (unpaired) electrons. The van der Waals surface area contributed by atoms with E-state index in [1.54, 1.807) is 6.08 Å². The molecule has 0 bridgehead atoms. The van der Waals surface area contributed by atoms with Gasteiger partial charge in [-0.3, -0.25) is 0 Å². The third-order valence-electron chi connectivity index (χ3n) is 6.18. The van der Waals surface area contributed by atoms with Crippen molar-refractivity contribution in [3.05, 3.63) is 47.3 Å². The maximum absolute atomic E-state index is 13.0. The van der Waals surface area contributed by atoms with Gasteiger partial charge in [-0.05, 0) is 45.2 Å². The fourth-order valence-electron chi connectivity index (χ4n) is 4.14. The molecule has 1 rings (SSSR count). The van der Waals surface area contributed by atoms with Crippen LogP contribution >= 0.6 is 0 Å². The molecule has 1 aliphatic heterocycles. The highest BCUT2D eigenvalue weighted by Crippen LogP contribution is 2.25. The highest BCUT2D eigenvalue weighted by molar-refractivity contribution is 5.87. The van der Waals surface area contributed by atoms with Crippen molar-refractivity contribution in [2.75, 3.05) is 20.8 Å². The quantitative estimate of drug-likeness (QED) is 0.516. The zero-order valence-electron chi connectivity index (χ0n) is 21.2. The fourth-order valence-corrected chi connectivity index (χ4v) is 4.14. The van der Waals surface area contributed by atoms with E-state index in [1.807, 2.05) is 58.9 Å². The van der Waals surface area contributed by atoms with E-state index in [-0.39, 0.29) is 17.6 Å². The van der Waals surface area contributed by atoms with Crippen molar-refractivity contribution >= 4 is 5.97 Å². The molecule has 4 N–H and O–H groups in total. The maximum atomic E-state index is 13.0. The zero-order valence-corrected chi connectivity index (χ0v) is 21.2. The molecule has 7 atom stereocenters. The van der Waals surface area contributed by atoms with Gasteiger partial charge in [0.05, 0.1) is 19.3 Å². The van der Waals surface area contributed by atoms with Crippen LogP contribution in [0, 0.1) is 17.8 Å². The van der Waals surface area contributed by atoms with E-state index in [0.29, 0.717) is 13.0 Å². The average molecular weight is 466 g/mol. The van der Waals surface area contributed by atoms with E-state index in [9.17, 15) is 15.0 Å². The van der Waals surface area contributed by atoms with Gasteiger partial charge in [0.1, 0.15) is 12.2 Å². The summed E-state index contributed by atoms with van der Waals surface area (Å²) in [6, 6.07) is 0. The number of ether oxygens (including phenoxy) is 3. The van der Waals surface area contributed by atoms with E-state index in [1.165, 1.54) is 14.2 Å². The Bertz CT molecular complexity index is 741. The van der Waals surface area contributed by atoms with Gasteiger partial charge in [-0.15, -0.1) is 0 Å². The Kier molecular flexibility index (Phi) is 12.7. The van der Waals surface area contributed by atoms with E-state index in [0.717, 1.165) is 17.6 Å². The normalized spacial score (nSPS) is 35.6. The SMILES string of the molecule is CO/C1=C\C(C)=C\[C@@H](C)[C@@H](O)[C@@H](C)C/C(C)=C/C=C/[C@H](OC)C([C@@H](C)C(O)CCN)OC1=O. The van der Waals surface area contributed by atoms with Gasteiger partial charge in [0.15, 0.2) is 0 Å². The summed E-state index contributed by atoms with van der Waals surface area (Å²) in [5.74, 6) is -1.11. The molecule has 7 nitrogen and oxygen atoms in total. The number of carbonyl (C=O) groups is 1. The molecule has 188 valence electrons. The largest absolute Gasteiger partial charge is 0.490 e. The van der Waals surface area contributed by atoms with Gasteiger partial charge in [-0.2, -0.15) is 0 Å². The van der Waals surface area contributed by atoms with Crippen LogP contribution in [0.5, 0.6) is 0 Å². The number of hydrogen-bond acceptors (Lipinski definition) is 7. The summed E-state index contributed by atoms with van der Waals surface area (Å²) in [6.07, 6.45) is 7.62. The van der Waals surface area contributed by atoms with Crippen molar-refractivity contribution in [1.29, 1.82) is 0 Å². The highest BCUT2D eigenvalue weighted by Gasteiger charge is 2.34. The number of aliphatic hydroxyl groups excluding tert-OH is 2. The van der Waals surface area contributed by atoms with Crippen LogP contribution in [0.1, 0.15) is 47.5 Å². The molecule has 0 aromatic carbocycles. The lowest BCUT2D eigenvalue weighted by Gasteiger charge is -2.32. The maximum Gasteiger partial charge on any atom is 0.373 e. The number of cyclic esters (lactones) is 1. The molecule has 0 saturated carbocycles. The number of allylic oxidation sites excluding steroid dienone is 5. The second-order valence-corrected chi connectivity index (χ2v) is 9.13. The summed E-state index contributed by atoms with van der Waals surface area (Å²) in [5.41, 5.74) is 7.51. The van der Waals surface area contributed by atoms with Crippen LogP contribution in [0.15, 0.2) is 47.3 Å². The molecular weight excluding hydrogens is 422 g/mol.